The van der Waals surface area contributed by atoms with Crippen LogP contribution < -0.4 is 21.1 Å². The summed E-state index contributed by atoms with van der Waals surface area (Å²) in [7, 11) is 3.65. The Bertz CT molecular complexity index is 2090. The van der Waals surface area contributed by atoms with Crippen molar-refractivity contribution < 1.29 is 14.3 Å². The van der Waals surface area contributed by atoms with Gasteiger partial charge in [0.15, 0.2) is 5.82 Å². The first kappa shape index (κ1) is 27.4. The molecule has 3 aromatic heterocycles. The van der Waals surface area contributed by atoms with Crippen molar-refractivity contribution in [3.8, 4) is 28.5 Å². The van der Waals surface area contributed by atoms with Crippen molar-refractivity contribution in [1.82, 2.24) is 29.3 Å². The van der Waals surface area contributed by atoms with Gasteiger partial charge in [-0.05, 0) is 85.5 Å². The van der Waals surface area contributed by atoms with Gasteiger partial charge in [-0.2, -0.15) is 0 Å². The Morgan fingerprint density at radius 1 is 1.07 bits per heavy atom. The van der Waals surface area contributed by atoms with Crippen LogP contribution >= 0.6 is 0 Å². The van der Waals surface area contributed by atoms with Crippen LogP contribution in [0.4, 0.5) is 10.5 Å². The van der Waals surface area contributed by atoms with Gasteiger partial charge in [0.25, 0.3) is 5.91 Å². The molecule has 2 saturated carbocycles. The second kappa shape index (κ2) is 10.1. The van der Waals surface area contributed by atoms with Gasteiger partial charge in [-0.1, -0.05) is 6.07 Å². The quantitative estimate of drug-likeness (QED) is 0.249. The number of carbonyl (C=O) groups is 2. The largest absolute Gasteiger partial charge is 0.494 e. The Balaban J connectivity index is 1.13. The summed E-state index contributed by atoms with van der Waals surface area (Å²) in [4.78, 5) is 37.8. The number of anilines is 1. The van der Waals surface area contributed by atoms with Gasteiger partial charge in [-0.15, -0.1) is 0 Å². The fraction of sp³-hybridized carbons (Fsp3) is 0.371. The normalized spacial score (nSPS) is 21.9. The molecule has 1 saturated heterocycles. The minimum atomic E-state index is -0.184. The highest BCUT2D eigenvalue weighted by molar-refractivity contribution is 6.00. The van der Waals surface area contributed by atoms with Crippen LogP contribution in [0.1, 0.15) is 41.6 Å². The number of aryl methyl sites for hydroxylation is 1. The van der Waals surface area contributed by atoms with Gasteiger partial charge < -0.3 is 35.1 Å². The number of piperidine rings is 1. The third-order valence-electron chi connectivity index (χ3n) is 10.5. The lowest BCUT2D eigenvalue weighted by Gasteiger charge is -2.27. The van der Waals surface area contributed by atoms with E-state index in [0.717, 1.165) is 75.5 Å². The number of urea groups is 1. The molecule has 3 amide bonds. The highest BCUT2D eigenvalue weighted by atomic mass is 16.5. The van der Waals surface area contributed by atoms with Crippen LogP contribution in [-0.2, 0) is 20.1 Å². The van der Waals surface area contributed by atoms with Crippen molar-refractivity contribution in [2.75, 3.05) is 19.0 Å². The molecule has 2 aromatic carbocycles. The number of benzene rings is 2. The first-order valence-corrected chi connectivity index (χ1v) is 16.2. The topological polar surface area (TPSA) is 132 Å². The van der Waals surface area contributed by atoms with E-state index in [4.69, 9.17) is 20.4 Å². The molecule has 0 radical (unpaired) electrons. The molecular formula is C35H36N8O3. The zero-order valence-corrected chi connectivity index (χ0v) is 25.9. The molecule has 2 bridgehead atoms. The number of amides is 3. The summed E-state index contributed by atoms with van der Waals surface area (Å²) in [6, 6.07) is 16.1. The molecule has 2 aliphatic carbocycles. The minimum Gasteiger partial charge on any atom is -0.494 e. The number of rotatable bonds is 6. The Hall–Kier alpha value is -4.90. The van der Waals surface area contributed by atoms with Gasteiger partial charge in [-0.25, -0.2) is 14.8 Å². The predicted octanol–water partition coefficient (Wildman–Crippen LogP) is 4.87. The molecular weight excluding hydrogens is 580 g/mol. The van der Waals surface area contributed by atoms with E-state index in [1.54, 1.807) is 7.11 Å². The maximum Gasteiger partial charge on any atom is 0.319 e. The lowest BCUT2D eigenvalue weighted by atomic mass is 10.0. The molecule has 234 valence electrons. The van der Waals surface area contributed by atoms with Crippen LogP contribution in [0, 0.1) is 11.8 Å². The number of pyridine rings is 1. The molecule has 3 fully saturated rings. The summed E-state index contributed by atoms with van der Waals surface area (Å²) in [5, 5.41) is 6.75. The smallest absolute Gasteiger partial charge is 0.319 e. The maximum atomic E-state index is 13.7. The SMILES string of the molecule is COc1cc(C(=O)N2CC3CCC2C3N)cc2nc(-c3cc4ccc(-c5ccc6c(c5)CNC(=O)N6)nc4n3CC3CC3)n(C)c12. The minimum absolute atomic E-state index is 0.00466. The van der Waals surface area contributed by atoms with E-state index in [0.29, 0.717) is 36.2 Å². The van der Waals surface area contributed by atoms with E-state index in [2.05, 4.69) is 44.0 Å². The van der Waals surface area contributed by atoms with Crippen molar-refractivity contribution >= 4 is 39.7 Å². The fourth-order valence-corrected chi connectivity index (χ4v) is 7.85. The highest BCUT2D eigenvalue weighted by Crippen LogP contribution is 2.40. The number of nitrogens with two attached hydrogens (primary N) is 1. The van der Waals surface area contributed by atoms with Gasteiger partial charge in [0.05, 0.1) is 24.0 Å². The number of nitrogens with zero attached hydrogens (tertiary/aromatic N) is 5. The number of hydrogen-bond acceptors (Lipinski definition) is 6. The monoisotopic (exact) mass is 616 g/mol. The first-order valence-electron chi connectivity index (χ1n) is 16.2. The summed E-state index contributed by atoms with van der Waals surface area (Å²) in [5.74, 6) is 2.41. The Labute approximate surface area is 265 Å². The van der Waals surface area contributed by atoms with Gasteiger partial charge in [-0.3, -0.25) is 4.79 Å². The van der Waals surface area contributed by atoms with Crippen LogP contribution in [0.15, 0.2) is 48.5 Å². The van der Waals surface area contributed by atoms with Crippen molar-refractivity contribution in [2.24, 2.45) is 24.6 Å². The number of aromatic nitrogens is 4. The van der Waals surface area contributed by atoms with Gasteiger partial charge in [0.2, 0.25) is 0 Å². The van der Waals surface area contributed by atoms with Crippen molar-refractivity contribution in [3.05, 3.63) is 59.7 Å². The second-order valence-electron chi connectivity index (χ2n) is 13.4. The Morgan fingerprint density at radius 3 is 2.70 bits per heavy atom. The molecule has 3 unspecified atom stereocenters. The Kier molecular flexibility index (Phi) is 5.99. The number of ether oxygens (including phenoxy) is 1. The summed E-state index contributed by atoms with van der Waals surface area (Å²) < 4.78 is 10.2. The van der Waals surface area contributed by atoms with Crippen LogP contribution in [0.25, 0.3) is 44.8 Å². The predicted molar refractivity (Wildman–Crippen MR) is 176 cm³/mol. The van der Waals surface area contributed by atoms with E-state index in [1.165, 1.54) is 12.8 Å². The molecule has 5 heterocycles. The van der Waals surface area contributed by atoms with E-state index < -0.39 is 0 Å². The van der Waals surface area contributed by atoms with Crippen molar-refractivity contribution in [2.45, 2.75) is 50.9 Å². The molecule has 2 aliphatic heterocycles. The molecule has 11 heteroatoms. The first-order chi connectivity index (χ1) is 22.4. The van der Waals surface area contributed by atoms with Crippen LogP contribution in [-0.4, -0.2) is 61.7 Å². The molecule has 5 aromatic rings. The number of hydrogen-bond donors (Lipinski definition) is 3. The average Bonchev–Trinajstić information content (AvgIpc) is 3.47. The number of methoxy groups -OCH3 is 1. The average molecular weight is 617 g/mol. The number of likely N-dealkylation sites (tertiary alicyclic amines) is 1. The summed E-state index contributed by atoms with van der Waals surface area (Å²) in [5.41, 5.74) is 14.2. The van der Waals surface area contributed by atoms with Crippen LogP contribution in [0.2, 0.25) is 0 Å². The summed E-state index contributed by atoms with van der Waals surface area (Å²) in [6.45, 7) is 2.06. The lowest BCUT2D eigenvalue weighted by Crippen LogP contribution is -2.41. The highest BCUT2D eigenvalue weighted by Gasteiger charge is 2.47. The molecule has 3 atom stereocenters. The number of carbonyl (C=O) groups excluding carboxylic acids is 2. The fourth-order valence-electron chi connectivity index (χ4n) is 7.85. The van der Waals surface area contributed by atoms with Crippen LogP contribution in [0.3, 0.4) is 0 Å². The van der Waals surface area contributed by atoms with Crippen LogP contribution in [0.5, 0.6) is 5.75 Å². The van der Waals surface area contributed by atoms with E-state index in [9.17, 15) is 9.59 Å². The van der Waals surface area contributed by atoms with E-state index >= 15 is 0 Å². The van der Waals surface area contributed by atoms with Gasteiger partial charge in [0, 0.05) is 61.0 Å². The number of nitrogens with one attached hydrogen (secondary N) is 2. The number of fused-ring (bicyclic) bond motifs is 5. The van der Waals surface area contributed by atoms with Crippen molar-refractivity contribution in [1.29, 1.82) is 0 Å². The van der Waals surface area contributed by atoms with E-state index in [-0.39, 0.29) is 24.0 Å². The zero-order valence-electron chi connectivity index (χ0n) is 25.9. The molecule has 0 spiro atoms. The number of imidazole rings is 1. The lowest BCUT2D eigenvalue weighted by molar-refractivity contribution is 0.0700. The standard InChI is InChI=1S/C35H36N8O3/c1-41-31-26(12-22(14-29(31)46-2)34(44)43-17-21-7-10-27(43)30(21)36)39-33(41)28-13-20-6-9-24(38-32(20)42(28)16-18-3-4-18)19-5-8-25-23(11-19)15-37-35(45)40-25/h5-6,8-9,11-14,18,21,27,30H,3-4,7,10,15-17,36H2,1-2H3,(H2,37,40,45). The van der Waals surface area contributed by atoms with Crippen molar-refractivity contribution in [3.63, 3.8) is 0 Å². The third-order valence-corrected chi connectivity index (χ3v) is 10.5. The molecule has 46 heavy (non-hydrogen) atoms. The maximum absolute atomic E-state index is 13.7. The molecule has 4 aliphatic rings. The molecule has 4 N–H and O–H groups in total. The molecule has 9 rings (SSSR count). The van der Waals surface area contributed by atoms with Gasteiger partial charge >= 0.3 is 6.03 Å². The van der Waals surface area contributed by atoms with Gasteiger partial charge in [0.1, 0.15) is 16.9 Å². The summed E-state index contributed by atoms with van der Waals surface area (Å²) in [6.07, 6.45) is 4.46. The molecule has 11 nitrogen and oxygen atoms in total. The second-order valence-corrected chi connectivity index (χ2v) is 13.4. The van der Waals surface area contributed by atoms with E-state index in [1.807, 2.05) is 36.2 Å². The summed E-state index contributed by atoms with van der Waals surface area (Å²) >= 11 is 0. The third kappa shape index (κ3) is 4.21. The zero-order chi connectivity index (χ0) is 31.3. The Morgan fingerprint density at radius 2 is 1.93 bits per heavy atom.